The van der Waals surface area contributed by atoms with Crippen molar-refractivity contribution in [3.8, 4) is 0 Å². The zero-order valence-corrected chi connectivity index (χ0v) is 12.9. The van der Waals surface area contributed by atoms with Gasteiger partial charge >= 0.3 is 0 Å². The number of ether oxygens (including phenoxy) is 1. The van der Waals surface area contributed by atoms with Crippen molar-refractivity contribution in [1.82, 2.24) is 14.9 Å². The molecule has 1 aliphatic heterocycles. The highest BCUT2D eigenvalue weighted by Crippen LogP contribution is 2.20. The molecule has 0 saturated heterocycles. The van der Waals surface area contributed by atoms with Crippen molar-refractivity contribution in [2.24, 2.45) is 0 Å². The van der Waals surface area contributed by atoms with Crippen LogP contribution in [-0.4, -0.2) is 52.2 Å². The summed E-state index contributed by atoms with van der Waals surface area (Å²) in [7, 11) is 1.55. The fourth-order valence-corrected chi connectivity index (χ4v) is 2.86. The molecular formula is C13H19N3O4S. The molecule has 1 aromatic rings. The van der Waals surface area contributed by atoms with E-state index in [4.69, 9.17) is 4.74 Å². The van der Waals surface area contributed by atoms with Crippen molar-refractivity contribution in [3.63, 3.8) is 0 Å². The van der Waals surface area contributed by atoms with Gasteiger partial charge in [0.1, 0.15) is 5.56 Å². The van der Waals surface area contributed by atoms with Crippen LogP contribution in [0.4, 0.5) is 0 Å². The molecule has 1 aliphatic rings. The molecule has 0 aliphatic carbocycles. The SMILES string of the molecule is COCCC(C)(O)CNC(=O)c1cnc2n(c1=O)CCS2. The standard InChI is InChI=1S/C13H19N3O4S/c1-13(19,3-5-20-2)8-15-10(17)9-7-14-12-16(11(9)18)4-6-21-12/h7,19H,3-6,8H2,1-2H3,(H,15,17). The summed E-state index contributed by atoms with van der Waals surface area (Å²) in [6, 6.07) is 0. The average molecular weight is 313 g/mol. The molecule has 2 heterocycles. The van der Waals surface area contributed by atoms with Crippen LogP contribution in [0.3, 0.4) is 0 Å². The van der Waals surface area contributed by atoms with Crippen LogP contribution < -0.4 is 10.9 Å². The second-order valence-electron chi connectivity index (χ2n) is 5.18. The highest BCUT2D eigenvalue weighted by molar-refractivity contribution is 7.99. The van der Waals surface area contributed by atoms with Crippen molar-refractivity contribution in [3.05, 3.63) is 22.1 Å². The predicted molar refractivity (Wildman–Crippen MR) is 78.7 cm³/mol. The first kappa shape index (κ1) is 16.0. The molecule has 1 aromatic heterocycles. The Balaban J connectivity index is 2.03. The van der Waals surface area contributed by atoms with Gasteiger partial charge in [-0.05, 0) is 6.92 Å². The Morgan fingerprint density at radius 3 is 3.14 bits per heavy atom. The number of fused-ring (bicyclic) bond motifs is 1. The zero-order valence-electron chi connectivity index (χ0n) is 12.1. The van der Waals surface area contributed by atoms with E-state index in [-0.39, 0.29) is 17.7 Å². The first-order chi connectivity index (χ1) is 9.94. The molecule has 0 radical (unpaired) electrons. The summed E-state index contributed by atoms with van der Waals surface area (Å²) < 4.78 is 6.40. The summed E-state index contributed by atoms with van der Waals surface area (Å²) in [4.78, 5) is 28.4. The number of methoxy groups -OCH3 is 1. The molecule has 2 N–H and O–H groups in total. The van der Waals surface area contributed by atoms with Crippen LogP contribution in [0, 0.1) is 0 Å². The molecule has 2 rings (SSSR count). The van der Waals surface area contributed by atoms with Gasteiger partial charge in [-0.2, -0.15) is 0 Å². The molecule has 8 heteroatoms. The number of aliphatic hydroxyl groups is 1. The van der Waals surface area contributed by atoms with Gasteiger partial charge < -0.3 is 15.2 Å². The summed E-state index contributed by atoms with van der Waals surface area (Å²) in [6.45, 7) is 2.61. The second-order valence-corrected chi connectivity index (χ2v) is 6.24. The number of hydrogen-bond donors (Lipinski definition) is 2. The first-order valence-electron chi connectivity index (χ1n) is 6.67. The Hall–Kier alpha value is -1.38. The number of carbonyl (C=O) groups excluding carboxylic acids is 1. The summed E-state index contributed by atoms with van der Waals surface area (Å²) in [5, 5.41) is 13.3. The summed E-state index contributed by atoms with van der Waals surface area (Å²) in [6.07, 6.45) is 1.69. The Morgan fingerprint density at radius 1 is 1.67 bits per heavy atom. The van der Waals surface area contributed by atoms with Crippen LogP contribution in [0.1, 0.15) is 23.7 Å². The van der Waals surface area contributed by atoms with Gasteiger partial charge in [0.25, 0.3) is 11.5 Å². The molecule has 21 heavy (non-hydrogen) atoms. The van der Waals surface area contributed by atoms with Crippen LogP contribution in [0.5, 0.6) is 0 Å². The zero-order chi connectivity index (χ0) is 15.5. The molecule has 116 valence electrons. The lowest BCUT2D eigenvalue weighted by Gasteiger charge is -2.23. The minimum absolute atomic E-state index is 0.00351. The van der Waals surface area contributed by atoms with E-state index >= 15 is 0 Å². The van der Waals surface area contributed by atoms with Gasteiger partial charge in [0.05, 0.1) is 5.60 Å². The minimum atomic E-state index is -1.08. The van der Waals surface area contributed by atoms with E-state index in [2.05, 4.69) is 10.3 Å². The largest absolute Gasteiger partial charge is 0.388 e. The van der Waals surface area contributed by atoms with Crippen LogP contribution in [0.25, 0.3) is 0 Å². The maximum Gasteiger partial charge on any atom is 0.267 e. The summed E-state index contributed by atoms with van der Waals surface area (Å²) in [5.74, 6) is 0.274. The normalized spacial score (nSPS) is 16.3. The second kappa shape index (κ2) is 6.59. The van der Waals surface area contributed by atoms with Gasteiger partial charge in [-0.3, -0.25) is 14.2 Å². The average Bonchev–Trinajstić information content (AvgIpc) is 2.92. The van der Waals surface area contributed by atoms with Gasteiger partial charge in [-0.1, -0.05) is 11.8 Å². The first-order valence-corrected chi connectivity index (χ1v) is 7.65. The molecule has 1 atom stereocenters. The topological polar surface area (TPSA) is 93.4 Å². The third kappa shape index (κ3) is 3.84. The van der Waals surface area contributed by atoms with E-state index < -0.39 is 11.5 Å². The van der Waals surface area contributed by atoms with Gasteiger partial charge in [0.2, 0.25) is 0 Å². The molecule has 7 nitrogen and oxygen atoms in total. The Bertz CT molecular complexity index is 585. The fraction of sp³-hybridized carbons (Fsp3) is 0.615. The Morgan fingerprint density at radius 2 is 2.43 bits per heavy atom. The molecule has 0 saturated carbocycles. The van der Waals surface area contributed by atoms with Crippen LogP contribution >= 0.6 is 11.8 Å². The highest BCUT2D eigenvalue weighted by atomic mass is 32.2. The Kier molecular flexibility index (Phi) is 5.02. The van der Waals surface area contributed by atoms with E-state index in [9.17, 15) is 14.7 Å². The van der Waals surface area contributed by atoms with E-state index in [0.717, 1.165) is 5.75 Å². The van der Waals surface area contributed by atoms with Crippen molar-refractivity contribution < 1.29 is 14.6 Å². The number of thioether (sulfide) groups is 1. The smallest absolute Gasteiger partial charge is 0.267 e. The van der Waals surface area contributed by atoms with Crippen LogP contribution in [0.2, 0.25) is 0 Å². The maximum atomic E-state index is 12.2. The van der Waals surface area contributed by atoms with Gasteiger partial charge in [0, 0.05) is 45.2 Å². The molecule has 0 spiro atoms. The monoisotopic (exact) mass is 313 g/mol. The lowest BCUT2D eigenvalue weighted by molar-refractivity contribution is 0.0243. The molecule has 0 bridgehead atoms. The fourth-order valence-electron chi connectivity index (χ4n) is 1.95. The number of amides is 1. The number of rotatable bonds is 6. The quantitative estimate of drug-likeness (QED) is 0.711. The van der Waals surface area contributed by atoms with Gasteiger partial charge in [-0.15, -0.1) is 0 Å². The third-order valence-corrected chi connectivity index (χ3v) is 4.25. The summed E-state index contributed by atoms with van der Waals surface area (Å²) in [5.41, 5.74) is -1.41. The minimum Gasteiger partial charge on any atom is -0.388 e. The third-order valence-electron chi connectivity index (χ3n) is 3.28. The lowest BCUT2D eigenvalue weighted by atomic mass is 10.0. The van der Waals surface area contributed by atoms with Crippen LogP contribution in [-0.2, 0) is 11.3 Å². The van der Waals surface area contributed by atoms with Gasteiger partial charge in [0.15, 0.2) is 5.16 Å². The van der Waals surface area contributed by atoms with E-state index in [1.807, 2.05) is 0 Å². The number of carbonyl (C=O) groups is 1. The molecule has 0 fully saturated rings. The number of hydrogen-bond acceptors (Lipinski definition) is 6. The van der Waals surface area contributed by atoms with E-state index in [1.54, 1.807) is 14.0 Å². The summed E-state index contributed by atoms with van der Waals surface area (Å²) >= 11 is 1.50. The van der Waals surface area contributed by atoms with Crippen molar-refractivity contribution in [2.75, 3.05) is 26.0 Å². The van der Waals surface area contributed by atoms with Crippen molar-refractivity contribution in [1.29, 1.82) is 0 Å². The lowest BCUT2D eigenvalue weighted by Crippen LogP contribution is -2.43. The number of nitrogens with one attached hydrogen (secondary N) is 1. The van der Waals surface area contributed by atoms with Crippen molar-refractivity contribution in [2.45, 2.75) is 30.6 Å². The highest BCUT2D eigenvalue weighted by Gasteiger charge is 2.24. The molecule has 1 unspecified atom stereocenters. The molecular weight excluding hydrogens is 294 g/mol. The molecule has 1 amide bonds. The Labute approximate surface area is 126 Å². The van der Waals surface area contributed by atoms with Crippen LogP contribution in [0.15, 0.2) is 16.1 Å². The molecule has 0 aromatic carbocycles. The van der Waals surface area contributed by atoms with E-state index in [0.29, 0.717) is 24.7 Å². The van der Waals surface area contributed by atoms with E-state index in [1.165, 1.54) is 22.5 Å². The maximum absolute atomic E-state index is 12.2. The van der Waals surface area contributed by atoms with Crippen molar-refractivity contribution >= 4 is 17.7 Å². The predicted octanol–water partition coefficient (Wildman–Crippen LogP) is -0.134. The number of aromatic nitrogens is 2. The van der Waals surface area contributed by atoms with Gasteiger partial charge in [-0.25, -0.2) is 4.98 Å². The number of nitrogens with zero attached hydrogens (tertiary/aromatic N) is 2.